The molecule has 108 valence electrons. The van der Waals surface area contributed by atoms with E-state index in [0.29, 0.717) is 0 Å². The van der Waals surface area contributed by atoms with Crippen LogP contribution < -0.4 is 10.6 Å². The molecule has 2 N–H and O–H groups in total. The number of hydrogen-bond donors (Lipinski definition) is 2. The van der Waals surface area contributed by atoms with Crippen LogP contribution in [0.2, 0.25) is 0 Å². The van der Waals surface area contributed by atoms with Gasteiger partial charge in [0.1, 0.15) is 0 Å². The summed E-state index contributed by atoms with van der Waals surface area (Å²) < 4.78 is 0. The number of carbonyl (C=O) groups excluding carboxylic acids is 1. The average molecular weight is 280 g/mol. The van der Waals surface area contributed by atoms with E-state index >= 15 is 0 Å². The molecule has 0 spiro atoms. The molecule has 21 heavy (non-hydrogen) atoms. The molecule has 0 bridgehead atoms. The number of rotatable bonds is 5. The number of amides is 1. The van der Waals surface area contributed by atoms with Gasteiger partial charge in [0.25, 0.3) is 0 Å². The first-order chi connectivity index (χ1) is 10.2. The third-order valence-corrected chi connectivity index (χ3v) is 3.68. The van der Waals surface area contributed by atoms with Gasteiger partial charge in [0, 0.05) is 24.8 Å². The number of benzene rings is 2. The summed E-state index contributed by atoms with van der Waals surface area (Å²) in [4.78, 5) is 11.1. The Morgan fingerprint density at radius 1 is 1.10 bits per heavy atom. The van der Waals surface area contributed by atoms with Gasteiger partial charge >= 0.3 is 0 Å². The lowest BCUT2D eigenvalue weighted by Crippen LogP contribution is -2.06. The molecule has 1 aliphatic carbocycles. The highest BCUT2D eigenvalue weighted by Crippen LogP contribution is 2.40. The fourth-order valence-electron chi connectivity index (χ4n) is 2.49. The number of hydrogen-bond acceptors (Lipinski definition) is 2. The van der Waals surface area contributed by atoms with Crippen molar-refractivity contribution in [1.29, 1.82) is 0 Å². The van der Waals surface area contributed by atoms with Gasteiger partial charge in [-0.2, -0.15) is 0 Å². The standard InChI is InChI=1S/C18H20N2O/c1-13(21)20-18-7-3-6-17(11-18)19-12-14-4-2-5-16(10-14)15-8-9-15/h2-7,10-11,15,19H,8-9,12H2,1H3,(H,20,21). The third-order valence-electron chi connectivity index (χ3n) is 3.68. The normalized spacial score (nSPS) is 13.8. The molecule has 0 aliphatic heterocycles. The lowest BCUT2D eigenvalue weighted by molar-refractivity contribution is -0.114. The van der Waals surface area contributed by atoms with Crippen LogP contribution in [0.15, 0.2) is 48.5 Å². The van der Waals surface area contributed by atoms with Gasteiger partial charge in [0.05, 0.1) is 0 Å². The summed E-state index contributed by atoms with van der Waals surface area (Å²) in [6.07, 6.45) is 2.66. The fraction of sp³-hybridized carbons (Fsp3) is 0.278. The minimum atomic E-state index is -0.0516. The number of carbonyl (C=O) groups is 1. The molecule has 2 aromatic rings. The Balaban J connectivity index is 1.64. The molecule has 3 rings (SSSR count). The van der Waals surface area contributed by atoms with Gasteiger partial charge in [-0.3, -0.25) is 4.79 Å². The van der Waals surface area contributed by atoms with Gasteiger partial charge < -0.3 is 10.6 Å². The Bertz CT molecular complexity index is 647. The molecule has 0 heterocycles. The van der Waals surface area contributed by atoms with Crippen LogP contribution in [0.1, 0.15) is 36.8 Å². The second-order valence-corrected chi connectivity index (χ2v) is 5.63. The van der Waals surface area contributed by atoms with Gasteiger partial charge in [-0.15, -0.1) is 0 Å². The number of anilines is 2. The van der Waals surface area contributed by atoms with E-state index in [1.807, 2.05) is 24.3 Å². The molecule has 0 radical (unpaired) electrons. The Labute approximate surface area is 125 Å². The van der Waals surface area contributed by atoms with Crippen molar-refractivity contribution in [1.82, 2.24) is 0 Å². The first-order valence-corrected chi connectivity index (χ1v) is 7.41. The molecule has 1 amide bonds. The van der Waals surface area contributed by atoms with Gasteiger partial charge in [0.15, 0.2) is 0 Å². The van der Waals surface area contributed by atoms with Crippen molar-refractivity contribution < 1.29 is 4.79 Å². The lowest BCUT2D eigenvalue weighted by Gasteiger charge is -2.10. The SMILES string of the molecule is CC(=O)Nc1cccc(NCc2cccc(C3CC3)c2)c1. The summed E-state index contributed by atoms with van der Waals surface area (Å²) in [5.41, 5.74) is 4.59. The molecule has 3 heteroatoms. The molecule has 0 saturated heterocycles. The zero-order chi connectivity index (χ0) is 14.7. The maximum Gasteiger partial charge on any atom is 0.221 e. The van der Waals surface area contributed by atoms with Crippen molar-refractivity contribution in [3.8, 4) is 0 Å². The first kappa shape index (κ1) is 13.7. The monoisotopic (exact) mass is 280 g/mol. The molecule has 2 aromatic carbocycles. The van der Waals surface area contributed by atoms with E-state index in [2.05, 4.69) is 34.9 Å². The van der Waals surface area contributed by atoms with Crippen LogP contribution in [0.4, 0.5) is 11.4 Å². The molecule has 3 nitrogen and oxygen atoms in total. The second kappa shape index (κ2) is 6.00. The Hall–Kier alpha value is -2.29. The molecule has 0 atom stereocenters. The quantitative estimate of drug-likeness (QED) is 0.864. The Morgan fingerprint density at radius 3 is 2.62 bits per heavy atom. The Kier molecular flexibility index (Phi) is 3.91. The van der Waals surface area contributed by atoms with Crippen LogP contribution in [0.3, 0.4) is 0 Å². The van der Waals surface area contributed by atoms with Crippen molar-refractivity contribution >= 4 is 17.3 Å². The van der Waals surface area contributed by atoms with E-state index in [-0.39, 0.29) is 5.91 Å². The topological polar surface area (TPSA) is 41.1 Å². The maximum atomic E-state index is 11.1. The summed E-state index contributed by atoms with van der Waals surface area (Å²) in [5, 5.41) is 6.21. The molecular formula is C18H20N2O. The summed E-state index contributed by atoms with van der Waals surface area (Å²) in [6.45, 7) is 2.31. The van der Waals surface area contributed by atoms with Crippen LogP contribution in [0.25, 0.3) is 0 Å². The van der Waals surface area contributed by atoms with Crippen LogP contribution >= 0.6 is 0 Å². The van der Waals surface area contributed by atoms with Crippen molar-refractivity contribution in [2.24, 2.45) is 0 Å². The van der Waals surface area contributed by atoms with E-state index in [9.17, 15) is 4.79 Å². The molecule has 1 aliphatic rings. The largest absolute Gasteiger partial charge is 0.381 e. The molecular weight excluding hydrogens is 260 g/mol. The third kappa shape index (κ3) is 3.85. The van der Waals surface area contributed by atoms with Crippen LogP contribution in [0.5, 0.6) is 0 Å². The lowest BCUT2D eigenvalue weighted by atomic mass is 10.1. The van der Waals surface area contributed by atoms with Gasteiger partial charge in [-0.25, -0.2) is 0 Å². The highest BCUT2D eigenvalue weighted by atomic mass is 16.1. The second-order valence-electron chi connectivity index (χ2n) is 5.63. The zero-order valence-corrected chi connectivity index (χ0v) is 12.2. The van der Waals surface area contributed by atoms with E-state index in [1.165, 1.54) is 30.9 Å². The maximum absolute atomic E-state index is 11.1. The van der Waals surface area contributed by atoms with Crippen molar-refractivity contribution in [2.75, 3.05) is 10.6 Å². The first-order valence-electron chi connectivity index (χ1n) is 7.41. The van der Waals surface area contributed by atoms with E-state index in [4.69, 9.17) is 0 Å². The Morgan fingerprint density at radius 2 is 1.86 bits per heavy atom. The van der Waals surface area contributed by atoms with Gasteiger partial charge in [0.2, 0.25) is 5.91 Å². The highest BCUT2D eigenvalue weighted by molar-refractivity contribution is 5.89. The molecule has 0 aromatic heterocycles. The van der Waals surface area contributed by atoms with Crippen molar-refractivity contribution in [3.05, 3.63) is 59.7 Å². The summed E-state index contributed by atoms with van der Waals surface area (Å²) in [5.74, 6) is 0.734. The van der Waals surface area contributed by atoms with Crippen LogP contribution in [-0.4, -0.2) is 5.91 Å². The zero-order valence-electron chi connectivity index (χ0n) is 12.2. The summed E-state index contributed by atoms with van der Waals surface area (Å²) in [7, 11) is 0. The van der Waals surface area contributed by atoms with Gasteiger partial charge in [-0.05, 0) is 48.1 Å². The molecule has 1 saturated carbocycles. The van der Waals surface area contributed by atoms with E-state index in [1.54, 1.807) is 0 Å². The summed E-state index contributed by atoms with van der Waals surface area (Å²) in [6, 6.07) is 16.6. The average Bonchev–Trinajstić information content (AvgIpc) is 3.30. The van der Waals surface area contributed by atoms with Crippen LogP contribution in [0, 0.1) is 0 Å². The smallest absolute Gasteiger partial charge is 0.221 e. The van der Waals surface area contributed by atoms with Crippen molar-refractivity contribution in [3.63, 3.8) is 0 Å². The molecule has 0 unspecified atom stereocenters. The predicted octanol–water partition coefficient (Wildman–Crippen LogP) is 4.13. The number of nitrogens with one attached hydrogen (secondary N) is 2. The van der Waals surface area contributed by atoms with Crippen LogP contribution in [-0.2, 0) is 11.3 Å². The fourth-order valence-corrected chi connectivity index (χ4v) is 2.49. The highest BCUT2D eigenvalue weighted by Gasteiger charge is 2.23. The minimum Gasteiger partial charge on any atom is -0.381 e. The van der Waals surface area contributed by atoms with Crippen molar-refractivity contribution in [2.45, 2.75) is 32.2 Å². The van der Waals surface area contributed by atoms with E-state index < -0.39 is 0 Å². The van der Waals surface area contributed by atoms with E-state index in [0.717, 1.165) is 23.8 Å². The predicted molar refractivity (Wildman–Crippen MR) is 86.5 cm³/mol. The molecule has 1 fully saturated rings. The summed E-state index contributed by atoms with van der Waals surface area (Å²) >= 11 is 0. The minimum absolute atomic E-state index is 0.0516. The van der Waals surface area contributed by atoms with Gasteiger partial charge in [-0.1, -0.05) is 30.3 Å².